The Morgan fingerprint density at radius 2 is 1.69 bits per heavy atom. The van der Waals surface area contributed by atoms with E-state index in [-0.39, 0.29) is 23.0 Å². The number of likely N-dealkylation sites (tertiary alicyclic amines) is 1. The van der Waals surface area contributed by atoms with Crippen LogP contribution in [0, 0.1) is 18.2 Å². The van der Waals surface area contributed by atoms with Crippen molar-refractivity contribution in [3.8, 4) is 16.9 Å². The van der Waals surface area contributed by atoms with Gasteiger partial charge in [-0.2, -0.15) is 23.3 Å². The average molecular weight is 745 g/mol. The smallest absolute Gasteiger partial charge is 0.422 e. The number of rotatable bonds is 8. The number of alkyl halides is 3. The van der Waals surface area contributed by atoms with E-state index in [0.717, 1.165) is 44.3 Å². The second kappa shape index (κ2) is 12.3. The number of carbonyl (C=O) groups excluding carboxylic acids is 1. The van der Waals surface area contributed by atoms with Gasteiger partial charge in [0, 0.05) is 84.7 Å². The summed E-state index contributed by atoms with van der Waals surface area (Å²) in [5, 5.41) is 8.29. The van der Waals surface area contributed by atoms with Crippen LogP contribution < -0.4 is 14.5 Å². The summed E-state index contributed by atoms with van der Waals surface area (Å²) in [6.07, 6.45) is 6.71. The summed E-state index contributed by atoms with van der Waals surface area (Å²) in [5.74, 6) is 0.688. The number of hydrogen-bond donors (Lipinski definition) is 1. The molecular weight excluding hydrogens is 700 g/mol. The number of halogens is 4. The SMILES string of the molecule is C=CC(=O)N1CC2(CCN(c3nc(N4CC(N5C6CCC5CC6)C4)nc4c(OCC(F)(F)F)c(-c5c(C)c(F)cc6[nH]ncc56)c(C5CC5)cc34)CC2)C1. The molecule has 14 heteroatoms. The molecule has 0 unspecified atom stereocenters. The molecule has 10 rings (SSSR count). The molecule has 7 heterocycles. The number of ether oxygens (including phenoxy) is 1. The zero-order valence-electron chi connectivity index (χ0n) is 30.4. The zero-order valence-corrected chi connectivity index (χ0v) is 30.4. The van der Waals surface area contributed by atoms with Crippen LogP contribution in [0.15, 0.2) is 31.0 Å². The van der Waals surface area contributed by atoms with Gasteiger partial charge in [0.2, 0.25) is 11.9 Å². The molecule has 2 bridgehead atoms. The Hall–Kier alpha value is -4.46. The number of H-pyrrole nitrogens is 1. The number of benzene rings is 2. The van der Waals surface area contributed by atoms with Gasteiger partial charge in [0.1, 0.15) is 17.2 Å². The maximum Gasteiger partial charge on any atom is 0.422 e. The Labute approximate surface area is 310 Å². The van der Waals surface area contributed by atoms with Crippen LogP contribution in [0.25, 0.3) is 32.9 Å². The molecule has 0 radical (unpaired) electrons. The fourth-order valence-electron chi connectivity index (χ4n) is 10.3. The number of carbonyl (C=O) groups is 1. The molecule has 6 aliphatic rings. The fourth-order valence-corrected chi connectivity index (χ4v) is 10.3. The predicted molar refractivity (Wildman–Crippen MR) is 197 cm³/mol. The normalized spacial score (nSPS) is 24.1. The highest BCUT2D eigenvalue weighted by Crippen LogP contribution is 2.54. The first-order chi connectivity index (χ1) is 26.0. The molecule has 54 heavy (non-hydrogen) atoms. The van der Waals surface area contributed by atoms with E-state index in [1.54, 1.807) is 13.1 Å². The molecule has 2 aromatic carbocycles. The van der Waals surface area contributed by atoms with Crippen molar-refractivity contribution in [2.75, 3.05) is 55.7 Å². The van der Waals surface area contributed by atoms with Crippen LogP contribution in [-0.4, -0.2) is 106 Å². The molecule has 1 spiro atoms. The van der Waals surface area contributed by atoms with Crippen LogP contribution in [0.3, 0.4) is 0 Å². The molecule has 1 N–H and O–H groups in total. The summed E-state index contributed by atoms with van der Waals surface area (Å²) in [4.78, 5) is 31.5. The molecule has 10 nitrogen and oxygen atoms in total. The van der Waals surface area contributed by atoms with Gasteiger partial charge in [-0.05, 0) is 93.5 Å². The third-order valence-electron chi connectivity index (χ3n) is 13.3. The van der Waals surface area contributed by atoms with Gasteiger partial charge < -0.3 is 19.4 Å². The lowest BCUT2D eigenvalue weighted by Gasteiger charge is -2.54. The topological polar surface area (TPSA) is 93.7 Å². The van der Waals surface area contributed by atoms with Gasteiger partial charge in [0.05, 0.1) is 11.7 Å². The molecule has 5 aliphatic heterocycles. The summed E-state index contributed by atoms with van der Waals surface area (Å²) in [6, 6.07) is 5.05. The number of nitrogens with one attached hydrogen (secondary N) is 1. The van der Waals surface area contributed by atoms with Crippen LogP contribution in [0.2, 0.25) is 0 Å². The summed E-state index contributed by atoms with van der Waals surface area (Å²) < 4.78 is 63.9. The molecule has 5 saturated heterocycles. The van der Waals surface area contributed by atoms with Crippen molar-refractivity contribution in [2.45, 2.75) is 88.5 Å². The summed E-state index contributed by atoms with van der Waals surface area (Å²) in [7, 11) is 0. The standard InChI is InChI=1S/C40H44F4N8O2/c1-3-32(53)51-19-39(20-51)10-12-49(13-11-39)37-28-14-27(23-4-5-23)34(33-22(2)30(41)15-31-29(33)16-45-48-31)36(54-21-40(42,43)44)35(28)46-38(47-37)50-17-26(18-50)52-24-6-7-25(52)9-8-24/h3,14-16,23-26H,1,4-13,17-21H2,2H3,(H,45,48). The van der Waals surface area contributed by atoms with Gasteiger partial charge >= 0.3 is 6.18 Å². The first-order valence-corrected chi connectivity index (χ1v) is 19.4. The molecule has 4 aromatic rings. The summed E-state index contributed by atoms with van der Waals surface area (Å²) >= 11 is 0. The first kappa shape index (κ1) is 34.1. The predicted octanol–water partition coefficient (Wildman–Crippen LogP) is 6.87. The number of hydrogen-bond acceptors (Lipinski definition) is 8. The Morgan fingerprint density at radius 1 is 0.981 bits per heavy atom. The van der Waals surface area contributed by atoms with E-state index in [0.29, 0.717) is 94.6 Å². The molecule has 6 fully saturated rings. The van der Waals surface area contributed by atoms with Crippen molar-refractivity contribution < 1.29 is 27.1 Å². The largest absolute Gasteiger partial charge is 0.481 e. The van der Waals surface area contributed by atoms with Gasteiger partial charge in [-0.1, -0.05) is 6.58 Å². The summed E-state index contributed by atoms with van der Waals surface area (Å²) in [5.41, 5.74) is 2.83. The molecule has 1 aliphatic carbocycles. The van der Waals surface area contributed by atoms with Gasteiger partial charge in [0.15, 0.2) is 12.4 Å². The van der Waals surface area contributed by atoms with Crippen LogP contribution in [-0.2, 0) is 4.79 Å². The number of aromatic amines is 1. The number of nitrogens with zero attached hydrogens (tertiary/aromatic N) is 7. The Balaban J connectivity index is 1.12. The Morgan fingerprint density at radius 3 is 2.33 bits per heavy atom. The lowest BCUT2D eigenvalue weighted by molar-refractivity contribution is -0.153. The minimum Gasteiger partial charge on any atom is -0.481 e. The second-order valence-electron chi connectivity index (χ2n) is 16.6. The van der Waals surface area contributed by atoms with Crippen molar-refractivity contribution in [1.82, 2.24) is 30.0 Å². The van der Waals surface area contributed by atoms with Crippen molar-refractivity contribution in [3.05, 3.63) is 47.9 Å². The quantitative estimate of drug-likeness (QED) is 0.155. The monoisotopic (exact) mass is 744 g/mol. The van der Waals surface area contributed by atoms with E-state index in [1.807, 2.05) is 11.0 Å². The Kier molecular flexibility index (Phi) is 7.74. The third kappa shape index (κ3) is 5.52. The van der Waals surface area contributed by atoms with Gasteiger partial charge in [-0.3, -0.25) is 14.8 Å². The van der Waals surface area contributed by atoms with Crippen molar-refractivity contribution >= 4 is 39.5 Å². The highest BCUT2D eigenvalue weighted by atomic mass is 19.4. The molecule has 1 amide bonds. The maximum absolute atomic E-state index is 15.6. The van der Waals surface area contributed by atoms with Crippen molar-refractivity contribution in [3.63, 3.8) is 0 Å². The number of aromatic nitrogens is 4. The molecular formula is C40H44F4N8O2. The molecule has 2 aromatic heterocycles. The summed E-state index contributed by atoms with van der Waals surface area (Å²) in [6.45, 7) is 8.01. The third-order valence-corrected chi connectivity index (χ3v) is 13.3. The fraction of sp³-hybridized carbons (Fsp3) is 0.550. The van der Waals surface area contributed by atoms with Crippen LogP contribution >= 0.6 is 0 Å². The molecule has 284 valence electrons. The van der Waals surface area contributed by atoms with E-state index in [1.165, 1.54) is 37.8 Å². The van der Waals surface area contributed by atoms with E-state index < -0.39 is 18.6 Å². The van der Waals surface area contributed by atoms with E-state index >= 15 is 4.39 Å². The lowest BCUT2D eigenvalue weighted by Crippen LogP contribution is -2.62. The number of piperidine rings is 1. The highest BCUT2D eigenvalue weighted by Gasteiger charge is 2.49. The Bertz CT molecular complexity index is 2160. The van der Waals surface area contributed by atoms with Crippen molar-refractivity contribution in [2.24, 2.45) is 5.41 Å². The van der Waals surface area contributed by atoms with Crippen LogP contribution in [0.4, 0.5) is 29.3 Å². The first-order valence-electron chi connectivity index (χ1n) is 19.4. The average Bonchev–Trinajstić information content (AvgIpc) is 3.58. The minimum absolute atomic E-state index is 0.00791. The van der Waals surface area contributed by atoms with Gasteiger partial charge in [-0.25, -0.2) is 9.37 Å². The van der Waals surface area contributed by atoms with Gasteiger partial charge in [0.25, 0.3) is 0 Å². The molecule has 0 atom stereocenters. The molecule has 1 saturated carbocycles. The highest BCUT2D eigenvalue weighted by molar-refractivity contribution is 6.06. The second-order valence-corrected chi connectivity index (χ2v) is 16.6. The minimum atomic E-state index is -4.62. The lowest BCUT2D eigenvalue weighted by atomic mass is 9.72. The van der Waals surface area contributed by atoms with Gasteiger partial charge in [-0.15, -0.1) is 0 Å². The van der Waals surface area contributed by atoms with E-state index in [2.05, 4.69) is 31.5 Å². The van der Waals surface area contributed by atoms with E-state index in [9.17, 15) is 18.0 Å². The van der Waals surface area contributed by atoms with Crippen LogP contribution in [0.5, 0.6) is 5.75 Å². The van der Waals surface area contributed by atoms with Crippen LogP contribution in [0.1, 0.15) is 68.4 Å². The zero-order chi connectivity index (χ0) is 37.1. The number of amides is 1. The van der Waals surface area contributed by atoms with Crippen molar-refractivity contribution in [1.29, 1.82) is 0 Å². The van der Waals surface area contributed by atoms with E-state index in [4.69, 9.17) is 14.7 Å². The maximum atomic E-state index is 15.6. The number of fused-ring (bicyclic) bond motifs is 4. The number of anilines is 2.